The first kappa shape index (κ1) is 14.5. The number of fused-ring (bicyclic) bond motifs is 1. The van der Waals surface area contributed by atoms with Gasteiger partial charge in [0.05, 0.1) is 17.7 Å². The molecule has 1 fully saturated rings. The largest absolute Gasteiger partial charge is 0.492 e. The normalized spacial score (nSPS) is 29.1. The van der Waals surface area contributed by atoms with Crippen LogP contribution in [0.3, 0.4) is 0 Å². The van der Waals surface area contributed by atoms with Crippen molar-refractivity contribution in [3.8, 4) is 5.75 Å². The summed E-state index contributed by atoms with van der Waals surface area (Å²) in [7, 11) is 1.79. The van der Waals surface area contributed by atoms with E-state index in [4.69, 9.17) is 32.7 Å². The Morgan fingerprint density at radius 2 is 2.10 bits per heavy atom. The Morgan fingerprint density at radius 1 is 1.25 bits per heavy atom. The second-order valence-corrected chi connectivity index (χ2v) is 6.37. The van der Waals surface area contributed by atoms with Gasteiger partial charge in [0.15, 0.2) is 0 Å². The van der Waals surface area contributed by atoms with E-state index < -0.39 is 0 Å². The Morgan fingerprint density at radius 3 is 2.85 bits per heavy atom. The van der Waals surface area contributed by atoms with Crippen LogP contribution in [-0.4, -0.2) is 25.9 Å². The van der Waals surface area contributed by atoms with Gasteiger partial charge in [-0.25, -0.2) is 0 Å². The molecule has 0 aromatic heterocycles. The lowest BCUT2D eigenvalue weighted by Gasteiger charge is -2.30. The SMILES string of the molecule is COC1CCC(NC2CCOc3c(Cl)cc(Cl)cc32)C1. The van der Waals surface area contributed by atoms with Gasteiger partial charge >= 0.3 is 0 Å². The van der Waals surface area contributed by atoms with Gasteiger partial charge < -0.3 is 14.8 Å². The molecule has 3 atom stereocenters. The molecule has 110 valence electrons. The second kappa shape index (κ2) is 6.10. The van der Waals surface area contributed by atoms with Crippen LogP contribution in [0, 0.1) is 0 Å². The highest BCUT2D eigenvalue weighted by Crippen LogP contribution is 2.40. The van der Waals surface area contributed by atoms with E-state index in [0.717, 1.165) is 37.0 Å². The van der Waals surface area contributed by atoms with Crippen LogP contribution in [0.4, 0.5) is 0 Å². The molecule has 2 aliphatic rings. The van der Waals surface area contributed by atoms with E-state index in [-0.39, 0.29) is 6.04 Å². The maximum absolute atomic E-state index is 6.22. The van der Waals surface area contributed by atoms with Gasteiger partial charge in [-0.2, -0.15) is 0 Å². The second-order valence-electron chi connectivity index (χ2n) is 5.53. The Bertz CT molecular complexity index is 495. The summed E-state index contributed by atoms with van der Waals surface area (Å²) in [4.78, 5) is 0. The fourth-order valence-electron chi connectivity index (χ4n) is 3.19. The highest BCUT2D eigenvalue weighted by molar-refractivity contribution is 6.35. The zero-order chi connectivity index (χ0) is 14.1. The van der Waals surface area contributed by atoms with Crippen molar-refractivity contribution in [2.75, 3.05) is 13.7 Å². The van der Waals surface area contributed by atoms with E-state index in [1.807, 2.05) is 6.07 Å². The molecule has 0 saturated heterocycles. The number of benzene rings is 1. The summed E-state index contributed by atoms with van der Waals surface area (Å²) in [6.07, 6.45) is 4.67. The average Bonchev–Trinajstić information content (AvgIpc) is 2.87. The summed E-state index contributed by atoms with van der Waals surface area (Å²) < 4.78 is 11.1. The highest BCUT2D eigenvalue weighted by atomic mass is 35.5. The van der Waals surface area contributed by atoms with Crippen LogP contribution in [0.25, 0.3) is 0 Å². The summed E-state index contributed by atoms with van der Waals surface area (Å²) in [6, 6.07) is 4.45. The fourth-order valence-corrected chi connectivity index (χ4v) is 3.75. The zero-order valence-corrected chi connectivity index (χ0v) is 13.0. The molecule has 0 spiro atoms. The van der Waals surface area contributed by atoms with Crippen molar-refractivity contribution in [3.63, 3.8) is 0 Å². The Labute approximate surface area is 129 Å². The Hall–Kier alpha value is -0.480. The van der Waals surface area contributed by atoms with E-state index in [0.29, 0.717) is 28.8 Å². The van der Waals surface area contributed by atoms with Crippen molar-refractivity contribution >= 4 is 23.2 Å². The summed E-state index contributed by atoms with van der Waals surface area (Å²) in [5, 5.41) is 4.97. The van der Waals surface area contributed by atoms with Crippen molar-refractivity contribution in [3.05, 3.63) is 27.7 Å². The number of methoxy groups -OCH3 is 1. The van der Waals surface area contributed by atoms with Crippen LogP contribution < -0.4 is 10.1 Å². The summed E-state index contributed by atoms with van der Waals surface area (Å²) in [6.45, 7) is 0.687. The molecule has 20 heavy (non-hydrogen) atoms. The molecule has 1 aliphatic carbocycles. The predicted molar refractivity (Wildman–Crippen MR) is 80.9 cm³/mol. The van der Waals surface area contributed by atoms with Gasteiger partial charge in [0.25, 0.3) is 0 Å². The molecule has 1 aromatic carbocycles. The molecule has 3 unspecified atom stereocenters. The van der Waals surface area contributed by atoms with E-state index in [1.54, 1.807) is 13.2 Å². The van der Waals surface area contributed by atoms with Crippen molar-refractivity contribution < 1.29 is 9.47 Å². The minimum Gasteiger partial charge on any atom is -0.492 e. The van der Waals surface area contributed by atoms with Gasteiger partial charge in [0, 0.05) is 36.2 Å². The maximum atomic E-state index is 6.22. The molecule has 0 radical (unpaired) electrons. The monoisotopic (exact) mass is 315 g/mol. The Kier molecular flexibility index (Phi) is 4.41. The van der Waals surface area contributed by atoms with Crippen LogP contribution >= 0.6 is 23.2 Å². The molecule has 1 N–H and O–H groups in total. The van der Waals surface area contributed by atoms with Crippen molar-refractivity contribution in [2.24, 2.45) is 0 Å². The topological polar surface area (TPSA) is 30.5 Å². The number of rotatable bonds is 3. The molecule has 1 heterocycles. The first-order chi connectivity index (χ1) is 9.67. The first-order valence-electron chi connectivity index (χ1n) is 7.08. The number of halogens is 2. The van der Waals surface area contributed by atoms with Crippen molar-refractivity contribution in [1.29, 1.82) is 0 Å². The minimum atomic E-state index is 0.260. The number of hydrogen-bond donors (Lipinski definition) is 1. The zero-order valence-electron chi connectivity index (χ0n) is 11.5. The van der Waals surface area contributed by atoms with Crippen molar-refractivity contribution in [2.45, 2.75) is 43.9 Å². The first-order valence-corrected chi connectivity index (χ1v) is 7.83. The standard InChI is InChI=1S/C15H19Cl2NO2/c1-19-11-3-2-10(8-11)18-14-4-5-20-15-12(14)6-9(16)7-13(15)17/h6-7,10-11,14,18H,2-5,8H2,1H3. The van der Waals surface area contributed by atoms with Crippen LogP contribution in [0.2, 0.25) is 10.0 Å². The van der Waals surface area contributed by atoms with Gasteiger partial charge in [-0.05, 0) is 31.4 Å². The fraction of sp³-hybridized carbons (Fsp3) is 0.600. The van der Waals surface area contributed by atoms with E-state index in [2.05, 4.69) is 5.32 Å². The minimum absolute atomic E-state index is 0.260. The average molecular weight is 316 g/mol. The molecule has 0 bridgehead atoms. The van der Waals surface area contributed by atoms with E-state index in [1.165, 1.54) is 0 Å². The smallest absolute Gasteiger partial charge is 0.142 e. The lowest BCUT2D eigenvalue weighted by atomic mass is 9.99. The van der Waals surface area contributed by atoms with E-state index >= 15 is 0 Å². The van der Waals surface area contributed by atoms with Gasteiger partial charge in [0.2, 0.25) is 0 Å². The van der Waals surface area contributed by atoms with E-state index in [9.17, 15) is 0 Å². The number of ether oxygens (including phenoxy) is 2. The predicted octanol–water partition coefficient (Wildman–Crippen LogP) is 3.97. The molecule has 3 rings (SSSR count). The van der Waals surface area contributed by atoms with Gasteiger partial charge in [-0.15, -0.1) is 0 Å². The quantitative estimate of drug-likeness (QED) is 0.915. The number of nitrogens with one attached hydrogen (secondary N) is 1. The third kappa shape index (κ3) is 2.91. The van der Waals surface area contributed by atoms with Crippen LogP contribution in [-0.2, 0) is 4.74 Å². The molecule has 1 aromatic rings. The molecule has 1 aliphatic heterocycles. The lowest BCUT2D eigenvalue weighted by molar-refractivity contribution is 0.106. The molecule has 3 nitrogen and oxygen atoms in total. The van der Waals surface area contributed by atoms with Crippen LogP contribution in [0.1, 0.15) is 37.3 Å². The van der Waals surface area contributed by atoms with Gasteiger partial charge in [-0.1, -0.05) is 23.2 Å². The highest BCUT2D eigenvalue weighted by Gasteiger charge is 2.30. The summed E-state index contributed by atoms with van der Waals surface area (Å²) >= 11 is 12.3. The third-order valence-corrected chi connectivity index (χ3v) is 4.72. The molecular weight excluding hydrogens is 297 g/mol. The summed E-state index contributed by atoms with van der Waals surface area (Å²) in [5.41, 5.74) is 1.08. The summed E-state index contributed by atoms with van der Waals surface area (Å²) in [5.74, 6) is 0.779. The molecular formula is C15H19Cl2NO2. The lowest BCUT2D eigenvalue weighted by Crippen LogP contribution is -2.34. The maximum Gasteiger partial charge on any atom is 0.142 e. The molecule has 5 heteroatoms. The van der Waals surface area contributed by atoms with Crippen LogP contribution in [0.15, 0.2) is 12.1 Å². The van der Waals surface area contributed by atoms with Gasteiger partial charge in [0.1, 0.15) is 5.75 Å². The number of hydrogen-bond acceptors (Lipinski definition) is 3. The molecule has 0 amide bonds. The third-order valence-electron chi connectivity index (χ3n) is 4.22. The van der Waals surface area contributed by atoms with Crippen molar-refractivity contribution in [1.82, 2.24) is 5.32 Å². The van der Waals surface area contributed by atoms with Crippen LogP contribution in [0.5, 0.6) is 5.75 Å². The Balaban J connectivity index is 1.77. The van der Waals surface area contributed by atoms with Gasteiger partial charge in [-0.3, -0.25) is 0 Å². The molecule has 1 saturated carbocycles.